The van der Waals surface area contributed by atoms with Crippen molar-refractivity contribution in [3.63, 3.8) is 0 Å². The second-order valence-electron chi connectivity index (χ2n) is 2.14. The van der Waals surface area contributed by atoms with Crippen LogP contribution in [0.15, 0.2) is 22.3 Å². The first-order chi connectivity index (χ1) is 5.35. The van der Waals surface area contributed by atoms with Crippen molar-refractivity contribution >= 4 is 11.9 Å². The van der Waals surface area contributed by atoms with E-state index in [0.29, 0.717) is 0 Å². The predicted octanol–water partition coefficient (Wildman–Crippen LogP) is 2.46. The molecule has 0 N–H and O–H groups in total. The fourth-order valence-electron chi connectivity index (χ4n) is 0.729. The highest BCUT2D eigenvalue weighted by molar-refractivity contribution is 5.85. The van der Waals surface area contributed by atoms with Crippen molar-refractivity contribution in [1.82, 2.24) is 0 Å². The molecule has 0 aliphatic rings. The average molecular weight is 152 g/mol. The predicted molar refractivity (Wildman–Crippen MR) is 51.6 cm³/mol. The third kappa shape index (κ3) is 5.52. The molecule has 0 unspecified atom stereocenters. The summed E-state index contributed by atoms with van der Waals surface area (Å²) < 4.78 is 0. The van der Waals surface area contributed by atoms with Crippen LogP contribution in [0.3, 0.4) is 0 Å². The van der Waals surface area contributed by atoms with Crippen molar-refractivity contribution < 1.29 is 0 Å². The van der Waals surface area contributed by atoms with E-state index >= 15 is 0 Å². The summed E-state index contributed by atoms with van der Waals surface area (Å²) in [5, 5.41) is 0. The lowest BCUT2D eigenvalue weighted by Gasteiger charge is -1.94. The van der Waals surface area contributed by atoms with Crippen LogP contribution in [0.5, 0.6) is 0 Å². The largest absolute Gasteiger partial charge is 0.297 e. The van der Waals surface area contributed by atoms with E-state index in [9.17, 15) is 0 Å². The maximum Gasteiger partial charge on any atom is 0.0276 e. The van der Waals surface area contributed by atoms with Crippen molar-refractivity contribution in [3.05, 3.63) is 12.3 Å². The Balaban J connectivity index is 3.68. The minimum Gasteiger partial charge on any atom is -0.297 e. The van der Waals surface area contributed by atoms with Gasteiger partial charge in [0.25, 0.3) is 0 Å². The molecule has 0 aliphatic carbocycles. The van der Waals surface area contributed by atoms with E-state index in [1.54, 1.807) is 12.4 Å². The minimum atomic E-state index is 0.921. The third-order valence-electron chi connectivity index (χ3n) is 1.42. The molecular formula is C9H16N2. The number of hydrogen-bond donors (Lipinski definition) is 0. The molecule has 0 aromatic heterocycles. The number of hydrogen-bond acceptors (Lipinski definition) is 2. The molecule has 62 valence electrons. The SMILES string of the molecule is C/C=N/C=C\C/C(CC)=N\C. The number of aliphatic imine (C=N–C) groups is 2. The highest BCUT2D eigenvalue weighted by Crippen LogP contribution is 1.93. The first-order valence-electron chi connectivity index (χ1n) is 3.92. The molecule has 2 nitrogen and oxygen atoms in total. The van der Waals surface area contributed by atoms with Crippen molar-refractivity contribution in [2.45, 2.75) is 26.7 Å². The van der Waals surface area contributed by atoms with Gasteiger partial charge in [0.05, 0.1) is 0 Å². The van der Waals surface area contributed by atoms with E-state index in [1.165, 1.54) is 5.71 Å². The molecule has 0 heterocycles. The zero-order chi connectivity index (χ0) is 8.53. The van der Waals surface area contributed by atoms with E-state index in [4.69, 9.17) is 0 Å². The van der Waals surface area contributed by atoms with Gasteiger partial charge in [0, 0.05) is 31.6 Å². The number of allylic oxidation sites excluding steroid dienone is 1. The van der Waals surface area contributed by atoms with E-state index in [1.807, 2.05) is 20.0 Å². The molecule has 0 spiro atoms. The molecule has 11 heavy (non-hydrogen) atoms. The van der Waals surface area contributed by atoms with Crippen LogP contribution >= 0.6 is 0 Å². The van der Waals surface area contributed by atoms with Gasteiger partial charge in [-0.25, -0.2) is 0 Å². The normalized spacial score (nSPS) is 13.5. The van der Waals surface area contributed by atoms with Gasteiger partial charge < -0.3 is 0 Å². The molecule has 0 aromatic carbocycles. The highest BCUT2D eigenvalue weighted by atomic mass is 14.7. The van der Waals surface area contributed by atoms with Crippen LogP contribution in [-0.4, -0.2) is 19.0 Å². The summed E-state index contributed by atoms with van der Waals surface area (Å²) in [4.78, 5) is 8.07. The Bertz CT molecular complexity index is 166. The summed E-state index contributed by atoms with van der Waals surface area (Å²) in [5.74, 6) is 0. The van der Waals surface area contributed by atoms with Gasteiger partial charge in [0.1, 0.15) is 0 Å². The topological polar surface area (TPSA) is 24.7 Å². The first-order valence-corrected chi connectivity index (χ1v) is 3.92. The van der Waals surface area contributed by atoms with Crippen LogP contribution in [0.1, 0.15) is 26.7 Å². The van der Waals surface area contributed by atoms with Gasteiger partial charge in [-0.15, -0.1) is 0 Å². The van der Waals surface area contributed by atoms with Gasteiger partial charge in [-0.1, -0.05) is 13.0 Å². The van der Waals surface area contributed by atoms with Gasteiger partial charge in [0.2, 0.25) is 0 Å². The summed E-state index contributed by atoms with van der Waals surface area (Å²) in [6.45, 7) is 4.01. The standard InChI is InChI=1S/C9H16N2/c1-4-9(10-3)7-6-8-11-5-2/h5-6,8H,4,7H2,1-3H3/b8-6-,10-9-,11-5+. The Labute approximate surface area is 68.8 Å². The average Bonchev–Trinajstić information content (AvgIpc) is 2.05. The summed E-state index contributed by atoms with van der Waals surface area (Å²) in [5.41, 5.74) is 1.22. The smallest absolute Gasteiger partial charge is 0.0276 e. The Morgan fingerprint density at radius 2 is 2.18 bits per heavy atom. The molecule has 0 atom stereocenters. The quantitative estimate of drug-likeness (QED) is 0.553. The summed E-state index contributed by atoms with van der Waals surface area (Å²) in [6.07, 6.45) is 7.54. The zero-order valence-electron chi connectivity index (χ0n) is 7.54. The van der Waals surface area contributed by atoms with E-state index in [2.05, 4.69) is 16.9 Å². The lowest BCUT2D eigenvalue weighted by molar-refractivity contribution is 1.18. The summed E-state index contributed by atoms with van der Waals surface area (Å²) in [7, 11) is 1.83. The van der Waals surface area contributed by atoms with Crippen molar-refractivity contribution in [3.8, 4) is 0 Å². The van der Waals surface area contributed by atoms with Crippen LogP contribution in [0.4, 0.5) is 0 Å². The van der Waals surface area contributed by atoms with Gasteiger partial charge in [0.15, 0.2) is 0 Å². The minimum absolute atomic E-state index is 0.921. The van der Waals surface area contributed by atoms with Crippen LogP contribution in [0, 0.1) is 0 Å². The second kappa shape index (κ2) is 7.19. The molecule has 0 saturated carbocycles. The Kier molecular flexibility index (Phi) is 6.59. The fraction of sp³-hybridized carbons (Fsp3) is 0.556. The number of nitrogens with zero attached hydrogens (tertiary/aromatic N) is 2. The van der Waals surface area contributed by atoms with Crippen molar-refractivity contribution in [2.24, 2.45) is 9.98 Å². The van der Waals surface area contributed by atoms with E-state index in [-0.39, 0.29) is 0 Å². The van der Waals surface area contributed by atoms with Crippen LogP contribution < -0.4 is 0 Å². The van der Waals surface area contributed by atoms with E-state index < -0.39 is 0 Å². The molecule has 0 aromatic rings. The maximum absolute atomic E-state index is 4.12. The lowest BCUT2D eigenvalue weighted by atomic mass is 10.2. The highest BCUT2D eigenvalue weighted by Gasteiger charge is 1.88. The number of rotatable bonds is 4. The molecule has 0 fully saturated rings. The van der Waals surface area contributed by atoms with Crippen LogP contribution in [0.25, 0.3) is 0 Å². The Morgan fingerprint density at radius 1 is 1.45 bits per heavy atom. The third-order valence-corrected chi connectivity index (χ3v) is 1.42. The molecular weight excluding hydrogens is 136 g/mol. The summed E-state index contributed by atoms with van der Waals surface area (Å²) >= 11 is 0. The lowest BCUT2D eigenvalue weighted by Crippen LogP contribution is -1.92. The molecule has 0 radical (unpaired) electrons. The monoisotopic (exact) mass is 152 g/mol. The van der Waals surface area contributed by atoms with Crippen molar-refractivity contribution in [2.75, 3.05) is 7.05 Å². The Morgan fingerprint density at radius 3 is 2.64 bits per heavy atom. The Hall–Kier alpha value is -0.920. The molecule has 0 saturated heterocycles. The van der Waals surface area contributed by atoms with Gasteiger partial charge >= 0.3 is 0 Å². The van der Waals surface area contributed by atoms with Crippen LogP contribution in [-0.2, 0) is 0 Å². The zero-order valence-corrected chi connectivity index (χ0v) is 7.54. The summed E-state index contributed by atoms with van der Waals surface area (Å²) in [6, 6.07) is 0. The van der Waals surface area contributed by atoms with Gasteiger partial charge in [-0.05, 0) is 13.3 Å². The fourth-order valence-corrected chi connectivity index (χ4v) is 0.729. The maximum atomic E-state index is 4.12. The van der Waals surface area contributed by atoms with E-state index in [0.717, 1.165) is 12.8 Å². The van der Waals surface area contributed by atoms with Crippen LogP contribution in [0.2, 0.25) is 0 Å². The first kappa shape index (κ1) is 10.1. The van der Waals surface area contributed by atoms with Crippen molar-refractivity contribution in [1.29, 1.82) is 0 Å². The molecule has 2 heteroatoms. The molecule has 0 aliphatic heterocycles. The van der Waals surface area contributed by atoms with Gasteiger partial charge in [-0.2, -0.15) is 0 Å². The molecule has 0 bridgehead atoms. The molecule has 0 rings (SSSR count). The van der Waals surface area contributed by atoms with Gasteiger partial charge in [-0.3, -0.25) is 9.98 Å². The molecule has 0 amide bonds. The second-order valence-corrected chi connectivity index (χ2v) is 2.14.